The van der Waals surface area contributed by atoms with E-state index in [1.807, 2.05) is 0 Å². The summed E-state index contributed by atoms with van der Waals surface area (Å²) < 4.78 is 1.16. The molecule has 1 nitrogen and oxygen atoms in total. The molecule has 0 saturated carbocycles. The molecule has 1 aliphatic heterocycles. The van der Waals surface area contributed by atoms with Crippen molar-refractivity contribution >= 4 is 28.3 Å². The first kappa shape index (κ1) is 11.0. The van der Waals surface area contributed by atoms with Gasteiger partial charge in [0.1, 0.15) is 0 Å². The van der Waals surface area contributed by atoms with Crippen molar-refractivity contribution < 1.29 is 0 Å². The average molecular weight is 263 g/mol. The summed E-state index contributed by atoms with van der Waals surface area (Å²) in [7, 11) is 0. The Hall–Kier alpha value is -0.0500. The maximum atomic E-state index is 3.49. The first-order valence-electron chi connectivity index (χ1n) is 4.13. The van der Waals surface area contributed by atoms with Crippen molar-refractivity contribution in [3.8, 4) is 0 Å². The van der Waals surface area contributed by atoms with Gasteiger partial charge in [0.25, 0.3) is 0 Å². The van der Waals surface area contributed by atoms with Gasteiger partial charge in [-0.1, -0.05) is 22.0 Å². The Morgan fingerprint density at radius 2 is 2.08 bits per heavy atom. The van der Waals surface area contributed by atoms with Crippen molar-refractivity contribution in [2.24, 2.45) is 0 Å². The molecule has 1 N–H and O–H groups in total. The van der Waals surface area contributed by atoms with Crippen LogP contribution in [-0.4, -0.2) is 0 Å². The average Bonchev–Trinajstić information content (AvgIpc) is 2.28. The number of benzene rings is 1. The van der Waals surface area contributed by atoms with Crippen LogP contribution in [-0.2, 0) is 12.1 Å². The SMILES string of the molecule is CC1(C)NCc2ccc(Br)cc21.Cl. The van der Waals surface area contributed by atoms with Crippen LogP contribution in [0, 0.1) is 0 Å². The van der Waals surface area contributed by atoms with Crippen LogP contribution in [0.5, 0.6) is 0 Å². The lowest BCUT2D eigenvalue weighted by atomic mass is 9.95. The zero-order valence-corrected chi connectivity index (χ0v) is 10.1. The van der Waals surface area contributed by atoms with Crippen LogP contribution in [0.1, 0.15) is 25.0 Å². The molecule has 0 radical (unpaired) electrons. The van der Waals surface area contributed by atoms with E-state index in [4.69, 9.17) is 0 Å². The molecule has 0 amide bonds. The molecular weight excluding hydrogens is 249 g/mol. The Balaban J connectivity index is 0.000000845. The van der Waals surface area contributed by atoms with E-state index in [0.717, 1.165) is 11.0 Å². The van der Waals surface area contributed by atoms with Gasteiger partial charge in [0.15, 0.2) is 0 Å². The van der Waals surface area contributed by atoms with Crippen molar-refractivity contribution in [1.82, 2.24) is 5.32 Å². The fraction of sp³-hybridized carbons (Fsp3) is 0.400. The van der Waals surface area contributed by atoms with E-state index in [1.165, 1.54) is 11.1 Å². The van der Waals surface area contributed by atoms with Crippen molar-refractivity contribution in [1.29, 1.82) is 0 Å². The summed E-state index contributed by atoms with van der Waals surface area (Å²) >= 11 is 3.49. The quantitative estimate of drug-likeness (QED) is 0.757. The van der Waals surface area contributed by atoms with Gasteiger partial charge in [0, 0.05) is 16.6 Å². The molecule has 1 aromatic rings. The second-order valence-corrected chi connectivity index (χ2v) is 4.70. The summed E-state index contributed by atoms with van der Waals surface area (Å²) in [5.41, 5.74) is 2.97. The highest BCUT2D eigenvalue weighted by molar-refractivity contribution is 9.10. The second-order valence-electron chi connectivity index (χ2n) is 3.78. The fourth-order valence-corrected chi connectivity index (χ4v) is 2.06. The molecule has 0 fully saturated rings. The predicted octanol–water partition coefficient (Wildman–Crippen LogP) is 3.21. The van der Waals surface area contributed by atoms with Crippen LogP contribution >= 0.6 is 28.3 Å². The number of fused-ring (bicyclic) bond motifs is 1. The second kappa shape index (κ2) is 3.60. The molecule has 13 heavy (non-hydrogen) atoms. The molecule has 0 unspecified atom stereocenters. The zero-order valence-electron chi connectivity index (χ0n) is 7.73. The molecule has 72 valence electrons. The Kier molecular flexibility index (Phi) is 3.05. The number of rotatable bonds is 0. The Morgan fingerprint density at radius 1 is 1.38 bits per heavy atom. The third-order valence-corrected chi connectivity index (χ3v) is 2.96. The van der Waals surface area contributed by atoms with Crippen LogP contribution in [0.4, 0.5) is 0 Å². The van der Waals surface area contributed by atoms with Gasteiger partial charge in [-0.2, -0.15) is 0 Å². The van der Waals surface area contributed by atoms with E-state index in [2.05, 4.69) is 53.3 Å². The van der Waals surface area contributed by atoms with Gasteiger partial charge in [0.05, 0.1) is 0 Å². The van der Waals surface area contributed by atoms with Crippen LogP contribution in [0.15, 0.2) is 22.7 Å². The monoisotopic (exact) mass is 261 g/mol. The standard InChI is InChI=1S/C10H12BrN.ClH/c1-10(2)9-5-8(11)4-3-7(9)6-12-10;/h3-5,12H,6H2,1-2H3;1H. The Labute approximate surface area is 93.5 Å². The number of halogens is 2. The van der Waals surface area contributed by atoms with E-state index >= 15 is 0 Å². The van der Waals surface area contributed by atoms with Crippen molar-refractivity contribution in [3.05, 3.63) is 33.8 Å². The minimum absolute atomic E-state index is 0. The minimum atomic E-state index is 0. The fourth-order valence-electron chi connectivity index (χ4n) is 1.70. The van der Waals surface area contributed by atoms with Crippen LogP contribution in [0.2, 0.25) is 0 Å². The summed E-state index contributed by atoms with van der Waals surface area (Å²) in [6, 6.07) is 6.48. The van der Waals surface area contributed by atoms with E-state index in [1.54, 1.807) is 0 Å². The molecule has 2 rings (SSSR count). The van der Waals surface area contributed by atoms with Gasteiger partial charge in [-0.15, -0.1) is 12.4 Å². The number of hydrogen-bond donors (Lipinski definition) is 1. The number of nitrogens with one attached hydrogen (secondary N) is 1. The van der Waals surface area contributed by atoms with Crippen molar-refractivity contribution in [3.63, 3.8) is 0 Å². The molecule has 1 heterocycles. The topological polar surface area (TPSA) is 12.0 Å². The summed E-state index contributed by atoms with van der Waals surface area (Å²) in [5.74, 6) is 0. The summed E-state index contributed by atoms with van der Waals surface area (Å²) in [6.45, 7) is 5.42. The van der Waals surface area contributed by atoms with Crippen molar-refractivity contribution in [2.75, 3.05) is 0 Å². The first-order valence-corrected chi connectivity index (χ1v) is 4.93. The molecule has 3 heteroatoms. The Bertz CT molecular complexity index is 323. The minimum Gasteiger partial charge on any atom is -0.304 e. The van der Waals surface area contributed by atoms with Gasteiger partial charge in [-0.05, 0) is 37.1 Å². The molecule has 1 aromatic carbocycles. The molecule has 0 atom stereocenters. The van der Waals surface area contributed by atoms with Gasteiger partial charge < -0.3 is 5.32 Å². The molecule has 0 spiro atoms. The zero-order chi connectivity index (χ0) is 8.77. The lowest BCUT2D eigenvalue weighted by molar-refractivity contribution is 0.442. The molecule has 0 saturated heterocycles. The van der Waals surface area contributed by atoms with Crippen molar-refractivity contribution in [2.45, 2.75) is 25.9 Å². The van der Waals surface area contributed by atoms with Gasteiger partial charge in [-0.25, -0.2) is 0 Å². The highest BCUT2D eigenvalue weighted by Crippen LogP contribution is 2.32. The normalized spacial score (nSPS) is 17.8. The van der Waals surface area contributed by atoms with E-state index in [9.17, 15) is 0 Å². The van der Waals surface area contributed by atoms with E-state index < -0.39 is 0 Å². The summed E-state index contributed by atoms with van der Waals surface area (Å²) in [6.07, 6.45) is 0. The summed E-state index contributed by atoms with van der Waals surface area (Å²) in [5, 5.41) is 3.47. The molecule has 0 bridgehead atoms. The highest BCUT2D eigenvalue weighted by Gasteiger charge is 2.28. The maximum absolute atomic E-state index is 3.49. The first-order chi connectivity index (χ1) is 5.59. The van der Waals surface area contributed by atoms with Gasteiger partial charge in [-0.3, -0.25) is 0 Å². The molecular formula is C10H13BrClN. The lowest BCUT2D eigenvalue weighted by Gasteiger charge is -2.19. The van der Waals surface area contributed by atoms with Gasteiger partial charge >= 0.3 is 0 Å². The molecule has 1 aliphatic rings. The third kappa shape index (κ3) is 1.90. The van der Waals surface area contributed by atoms with Crippen LogP contribution in [0.25, 0.3) is 0 Å². The highest BCUT2D eigenvalue weighted by atomic mass is 79.9. The lowest BCUT2D eigenvalue weighted by Crippen LogP contribution is -2.28. The van der Waals surface area contributed by atoms with Crippen LogP contribution in [0.3, 0.4) is 0 Å². The largest absolute Gasteiger partial charge is 0.304 e. The predicted molar refractivity (Wildman–Crippen MR) is 61.3 cm³/mol. The van der Waals surface area contributed by atoms with Gasteiger partial charge in [0.2, 0.25) is 0 Å². The molecule has 0 aromatic heterocycles. The third-order valence-electron chi connectivity index (χ3n) is 2.47. The van der Waals surface area contributed by atoms with Crippen LogP contribution < -0.4 is 5.32 Å². The number of hydrogen-bond acceptors (Lipinski definition) is 1. The Morgan fingerprint density at radius 3 is 2.77 bits per heavy atom. The van der Waals surface area contributed by atoms with E-state index in [0.29, 0.717) is 0 Å². The summed E-state index contributed by atoms with van der Waals surface area (Å²) in [4.78, 5) is 0. The smallest absolute Gasteiger partial charge is 0.0383 e. The maximum Gasteiger partial charge on any atom is 0.0383 e. The van der Waals surface area contributed by atoms with E-state index in [-0.39, 0.29) is 17.9 Å². The molecule has 0 aliphatic carbocycles.